The van der Waals surface area contributed by atoms with Gasteiger partial charge < -0.3 is 15.5 Å². The Kier molecular flexibility index (Phi) is 6.56. The van der Waals surface area contributed by atoms with E-state index in [2.05, 4.69) is 15.6 Å². The van der Waals surface area contributed by atoms with E-state index in [9.17, 15) is 9.59 Å². The predicted molar refractivity (Wildman–Crippen MR) is 90.1 cm³/mol. The van der Waals surface area contributed by atoms with Gasteiger partial charge in [0.25, 0.3) is 0 Å². The molecule has 0 radical (unpaired) electrons. The minimum Gasteiger partial charge on any atom is -0.344 e. The fraction of sp³-hybridized carbons (Fsp3) is 0.312. The van der Waals surface area contributed by atoms with Crippen LogP contribution in [0.1, 0.15) is 10.6 Å². The zero-order chi connectivity index (χ0) is 16.5. The van der Waals surface area contributed by atoms with Gasteiger partial charge in [-0.15, -0.1) is 11.3 Å². The molecule has 23 heavy (non-hydrogen) atoms. The molecule has 3 amide bonds. The first kappa shape index (κ1) is 17.0. The molecule has 0 atom stereocenters. The lowest BCUT2D eigenvalue weighted by molar-refractivity contribution is -0.128. The number of carbonyl (C=O) groups is 2. The molecular weight excluding hydrogens is 312 g/mol. The maximum Gasteiger partial charge on any atom is 0.315 e. The van der Waals surface area contributed by atoms with Crippen LogP contribution in [0, 0.1) is 0 Å². The maximum atomic E-state index is 12.0. The first-order chi connectivity index (χ1) is 11.1. The number of nitrogens with one attached hydrogen (secondary N) is 2. The Morgan fingerprint density at radius 3 is 2.78 bits per heavy atom. The van der Waals surface area contributed by atoms with Crippen molar-refractivity contribution in [1.82, 2.24) is 20.5 Å². The summed E-state index contributed by atoms with van der Waals surface area (Å²) in [6, 6.07) is 9.24. The molecule has 2 aromatic rings. The standard InChI is InChI=1S/C16H20N4O2S/c1-20(9-7-13-5-2-3-8-17-13)15(21)12-19-16(22)18-11-14-6-4-10-23-14/h2-6,8,10H,7,9,11-12H2,1H3,(H2,18,19,22). The van der Waals surface area contributed by atoms with Gasteiger partial charge in [-0.1, -0.05) is 12.1 Å². The predicted octanol–water partition coefficient (Wildman–Crippen LogP) is 1.64. The molecule has 0 aromatic carbocycles. The Labute approximate surface area is 139 Å². The second-order valence-corrected chi connectivity index (χ2v) is 6.03. The van der Waals surface area contributed by atoms with E-state index in [0.717, 1.165) is 10.6 Å². The number of thiophene rings is 1. The highest BCUT2D eigenvalue weighted by molar-refractivity contribution is 7.09. The number of hydrogen-bond donors (Lipinski definition) is 2. The number of carbonyl (C=O) groups excluding carboxylic acids is 2. The monoisotopic (exact) mass is 332 g/mol. The first-order valence-corrected chi connectivity index (χ1v) is 8.21. The van der Waals surface area contributed by atoms with E-state index in [0.29, 0.717) is 19.5 Å². The average molecular weight is 332 g/mol. The summed E-state index contributed by atoms with van der Waals surface area (Å²) in [7, 11) is 1.72. The molecule has 2 rings (SSSR count). The largest absolute Gasteiger partial charge is 0.344 e. The Morgan fingerprint density at radius 1 is 1.22 bits per heavy atom. The van der Waals surface area contributed by atoms with Gasteiger partial charge in [0, 0.05) is 36.8 Å². The van der Waals surface area contributed by atoms with Crippen LogP contribution in [0.2, 0.25) is 0 Å². The molecule has 0 aliphatic heterocycles. The Bertz CT molecular complexity index is 616. The highest BCUT2D eigenvalue weighted by Gasteiger charge is 2.10. The lowest BCUT2D eigenvalue weighted by Crippen LogP contribution is -2.42. The molecule has 0 aliphatic rings. The zero-order valence-corrected chi connectivity index (χ0v) is 13.8. The third kappa shape index (κ3) is 6.07. The second kappa shape index (κ2) is 8.89. The molecule has 122 valence electrons. The minimum absolute atomic E-state index is 0.0189. The van der Waals surface area contributed by atoms with Gasteiger partial charge in [0.1, 0.15) is 0 Å². The fourth-order valence-electron chi connectivity index (χ4n) is 1.89. The third-order valence-electron chi connectivity index (χ3n) is 3.26. The first-order valence-electron chi connectivity index (χ1n) is 7.33. The van der Waals surface area contributed by atoms with E-state index >= 15 is 0 Å². The van der Waals surface area contributed by atoms with Gasteiger partial charge in [0.2, 0.25) is 5.91 Å². The lowest BCUT2D eigenvalue weighted by atomic mass is 10.2. The van der Waals surface area contributed by atoms with Gasteiger partial charge in [-0.05, 0) is 23.6 Å². The second-order valence-electron chi connectivity index (χ2n) is 5.00. The van der Waals surface area contributed by atoms with Crippen molar-refractivity contribution in [2.24, 2.45) is 0 Å². The van der Waals surface area contributed by atoms with Crippen molar-refractivity contribution in [3.05, 3.63) is 52.5 Å². The van der Waals surface area contributed by atoms with Crippen LogP contribution < -0.4 is 10.6 Å². The van der Waals surface area contributed by atoms with E-state index in [-0.39, 0.29) is 18.5 Å². The third-order valence-corrected chi connectivity index (χ3v) is 4.14. The van der Waals surface area contributed by atoms with Crippen LogP contribution in [0.15, 0.2) is 41.9 Å². The lowest BCUT2D eigenvalue weighted by Gasteiger charge is -2.17. The molecule has 7 heteroatoms. The molecule has 0 saturated heterocycles. The number of pyridine rings is 1. The van der Waals surface area contributed by atoms with Crippen molar-refractivity contribution >= 4 is 23.3 Å². The van der Waals surface area contributed by atoms with E-state index < -0.39 is 0 Å². The Hall–Kier alpha value is -2.41. The number of likely N-dealkylation sites (N-methyl/N-ethyl adjacent to an activating group) is 1. The molecule has 2 aromatic heterocycles. The summed E-state index contributed by atoms with van der Waals surface area (Å²) < 4.78 is 0. The number of rotatable bonds is 7. The maximum absolute atomic E-state index is 12.0. The topological polar surface area (TPSA) is 74.3 Å². The number of urea groups is 1. The molecule has 2 heterocycles. The highest BCUT2D eigenvalue weighted by atomic mass is 32.1. The molecular formula is C16H20N4O2S. The number of amides is 3. The SMILES string of the molecule is CN(CCc1ccccn1)C(=O)CNC(=O)NCc1cccs1. The van der Waals surface area contributed by atoms with E-state index in [4.69, 9.17) is 0 Å². The molecule has 6 nitrogen and oxygen atoms in total. The van der Waals surface area contributed by atoms with Crippen molar-refractivity contribution < 1.29 is 9.59 Å². The average Bonchev–Trinajstić information content (AvgIpc) is 3.10. The Morgan fingerprint density at radius 2 is 2.09 bits per heavy atom. The highest BCUT2D eigenvalue weighted by Crippen LogP contribution is 2.06. The van der Waals surface area contributed by atoms with Gasteiger partial charge in [-0.2, -0.15) is 0 Å². The van der Waals surface area contributed by atoms with E-state index in [1.165, 1.54) is 0 Å². The normalized spacial score (nSPS) is 10.1. The van der Waals surface area contributed by atoms with E-state index in [1.807, 2.05) is 35.7 Å². The van der Waals surface area contributed by atoms with Crippen LogP contribution in [0.4, 0.5) is 4.79 Å². The van der Waals surface area contributed by atoms with Gasteiger partial charge in [0.05, 0.1) is 13.1 Å². The zero-order valence-electron chi connectivity index (χ0n) is 13.0. The molecule has 0 fully saturated rings. The van der Waals surface area contributed by atoms with Crippen molar-refractivity contribution in [1.29, 1.82) is 0 Å². The van der Waals surface area contributed by atoms with Crippen LogP contribution in [0.3, 0.4) is 0 Å². The van der Waals surface area contributed by atoms with Crippen LogP contribution in [-0.4, -0.2) is 42.0 Å². The van der Waals surface area contributed by atoms with Gasteiger partial charge in [-0.25, -0.2) is 4.79 Å². The molecule has 2 N–H and O–H groups in total. The number of aromatic nitrogens is 1. The number of hydrogen-bond acceptors (Lipinski definition) is 4. The minimum atomic E-state index is -0.343. The van der Waals surface area contributed by atoms with Crippen LogP contribution >= 0.6 is 11.3 Å². The van der Waals surface area contributed by atoms with Crippen molar-refractivity contribution in [3.63, 3.8) is 0 Å². The van der Waals surface area contributed by atoms with Gasteiger partial charge >= 0.3 is 6.03 Å². The summed E-state index contributed by atoms with van der Waals surface area (Å²) in [4.78, 5) is 30.5. The van der Waals surface area contributed by atoms with Gasteiger partial charge in [-0.3, -0.25) is 9.78 Å². The van der Waals surface area contributed by atoms with E-state index in [1.54, 1.807) is 29.5 Å². The van der Waals surface area contributed by atoms with Crippen LogP contribution in [0.5, 0.6) is 0 Å². The molecule has 0 unspecified atom stereocenters. The molecule has 0 spiro atoms. The summed E-state index contributed by atoms with van der Waals surface area (Å²) in [6.07, 6.45) is 2.42. The summed E-state index contributed by atoms with van der Waals surface area (Å²) in [5.41, 5.74) is 0.939. The van der Waals surface area contributed by atoms with Crippen molar-refractivity contribution in [2.75, 3.05) is 20.1 Å². The Balaban J connectivity index is 1.64. The molecule has 0 saturated carbocycles. The molecule has 0 bridgehead atoms. The van der Waals surface area contributed by atoms with Crippen molar-refractivity contribution in [2.45, 2.75) is 13.0 Å². The summed E-state index contributed by atoms with van der Waals surface area (Å²) in [5, 5.41) is 7.24. The van der Waals surface area contributed by atoms with Crippen molar-refractivity contribution in [3.8, 4) is 0 Å². The van der Waals surface area contributed by atoms with Crippen LogP contribution in [-0.2, 0) is 17.8 Å². The smallest absolute Gasteiger partial charge is 0.315 e. The van der Waals surface area contributed by atoms with Gasteiger partial charge in [0.15, 0.2) is 0 Å². The summed E-state index contributed by atoms with van der Waals surface area (Å²) in [5.74, 6) is -0.132. The summed E-state index contributed by atoms with van der Waals surface area (Å²) in [6.45, 7) is 1.01. The quantitative estimate of drug-likeness (QED) is 0.809. The number of nitrogens with zero attached hydrogens (tertiary/aromatic N) is 2. The summed E-state index contributed by atoms with van der Waals surface area (Å²) >= 11 is 1.58. The van der Waals surface area contributed by atoms with Crippen LogP contribution in [0.25, 0.3) is 0 Å². The fourth-order valence-corrected chi connectivity index (χ4v) is 2.53. The molecule has 0 aliphatic carbocycles.